The van der Waals surface area contributed by atoms with Gasteiger partial charge in [-0.15, -0.1) is 10.2 Å². The third kappa shape index (κ3) is 2.82. The second-order valence-corrected chi connectivity index (χ2v) is 4.28. The zero-order valence-corrected chi connectivity index (χ0v) is 10.7. The van der Waals surface area contributed by atoms with Crippen molar-refractivity contribution in [3.05, 3.63) is 40.1 Å². The van der Waals surface area contributed by atoms with Gasteiger partial charge in [0.2, 0.25) is 0 Å². The van der Waals surface area contributed by atoms with Gasteiger partial charge < -0.3 is 5.84 Å². The number of aryl methyl sites for hydroxylation is 1. The molecule has 7 heteroatoms. The van der Waals surface area contributed by atoms with Crippen molar-refractivity contribution in [2.75, 3.05) is 11.3 Å². The second-order valence-electron chi connectivity index (χ2n) is 3.36. The number of halogens is 1. The summed E-state index contributed by atoms with van der Waals surface area (Å²) in [5.74, 6) is 6.67. The van der Waals surface area contributed by atoms with E-state index in [1.165, 1.54) is 4.68 Å². The SMILES string of the molecule is Cc1nnc(N/N=C\c2ccc(Br)cc2)n1N. The van der Waals surface area contributed by atoms with E-state index in [1.54, 1.807) is 13.1 Å². The van der Waals surface area contributed by atoms with Crippen LogP contribution in [-0.4, -0.2) is 21.1 Å². The number of nitrogens with zero attached hydrogens (tertiary/aromatic N) is 4. The number of nitrogens with two attached hydrogens (primary N) is 1. The highest BCUT2D eigenvalue weighted by Gasteiger charge is 2.02. The summed E-state index contributed by atoms with van der Waals surface area (Å²) >= 11 is 3.36. The van der Waals surface area contributed by atoms with Gasteiger partial charge in [0.1, 0.15) is 0 Å². The molecule has 88 valence electrons. The van der Waals surface area contributed by atoms with Gasteiger partial charge in [0.15, 0.2) is 5.82 Å². The summed E-state index contributed by atoms with van der Waals surface area (Å²) in [6, 6.07) is 7.76. The fourth-order valence-electron chi connectivity index (χ4n) is 1.16. The Morgan fingerprint density at radius 2 is 2.06 bits per heavy atom. The smallest absolute Gasteiger partial charge is 0.263 e. The number of aromatic nitrogens is 3. The monoisotopic (exact) mass is 294 g/mol. The Bertz CT molecular complexity index is 530. The molecule has 6 nitrogen and oxygen atoms in total. The Kier molecular flexibility index (Phi) is 3.38. The largest absolute Gasteiger partial charge is 0.335 e. The fourth-order valence-corrected chi connectivity index (χ4v) is 1.42. The maximum Gasteiger partial charge on any atom is 0.263 e. The maximum atomic E-state index is 5.65. The topological polar surface area (TPSA) is 81.1 Å². The third-order valence-electron chi connectivity index (χ3n) is 2.11. The first-order chi connectivity index (χ1) is 8.16. The van der Waals surface area contributed by atoms with Gasteiger partial charge in [0, 0.05) is 4.47 Å². The quantitative estimate of drug-likeness (QED) is 0.511. The predicted molar refractivity (Wildman–Crippen MR) is 70.3 cm³/mol. The molecule has 0 radical (unpaired) electrons. The molecule has 17 heavy (non-hydrogen) atoms. The van der Waals surface area contributed by atoms with E-state index >= 15 is 0 Å². The van der Waals surface area contributed by atoms with Crippen molar-refractivity contribution < 1.29 is 0 Å². The molecule has 0 fully saturated rings. The highest BCUT2D eigenvalue weighted by Crippen LogP contribution is 2.09. The van der Waals surface area contributed by atoms with Crippen molar-refractivity contribution in [1.29, 1.82) is 0 Å². The lowest BCUT2D eigenvalue weighted by atomic mass is 10.2. The van der Waals surface area contributed by atoms with E-state index in [0.717, 1.165) is 10.0 Å². The van der Waals surface area contributed by atoms with Crippen LogP contribution >= 0.6 is 15.9 Å². The van der Waals surface area contributed by atoms with Crippen LogP contribution in [0.5, 0.6) is 0 Å². The molecule has 0 aliphatic rings. The zero-order valence-electron chi connectivity index (χ0n) is 9.13. The molecule has 1 heterocycles. The molecule has 3 N–H and O–H groups in total. The molecule has 0 saturated carbocycles. The minimum Gasteiger partial charge on any atom is -0.335 e. The molecule has 0 bridgehead atoms. The van der Waals surface area contributed by atoms with Gasteiger partial charge in [-0.3, -0.25) is 0 Å². The van der Waals surface area contributed by atoms with Crippen molar-refractivity contribution in [3.8, 4) is 0 Å². The molecule has 0 spiro atoms. The molecule has 2 aromatic rings. The van der Waals surface area contributed by atoms with Crippen molar-refractivity contribution in [1.82, 2.24) is 14.9 Å². The summed E-state index contributed by atoms with van der Waals surface area (Å²) in [6.07, 6.45) is 1.68. The van der Waals surface area contributed by atoms with E-state index in [0.29, 0.717) is 11.8 Å². The molecule has 1 aromatic carbocycles. The van der Waals surface area contributed by atoms with Crippen LogP contribution in [0, 0.1) is 6.92 Å². The Labute approximate surface area is 107 Å². The average molecular weight is 295 g/mol. The van der Waals surface area contributed by atoms with Gasteiger partial charge in [0.05, 0.1) is 6.21 Å². The van der Waals surface area contributed by atoms with Crippen LogP contribution in [-0.2, 0) is 0 Å². The van der Waals surface area contributed by atoms with E-state index in [9.17, 15) is 0 Å². The van der Waals surface area contributed by atoms with Crippen LogP contribution in [0.3, 0.4) is 0 Å². The molecular weight excluding hydrogens is 284 g/mol. The number of nitrogens with one attached hydrogen (secondary N) is 1. The van der Waals surface area contributed by atoms with Gasteiger partial charge in [-0.1, -0.05) is 28.1 Å². The number of rotatable bonds is 3. The predicted octanol–water partition coefficient (Wildman–Crippen LogP) is 1.51. The Morgan fingerprint density at radius 1 is 1.35 bits per heavy atom. The molecule has 0 aliphatic carbocycles. The van der Waals surface area contributed by atoms with Gasteiger partial charge in [-0.2, -0.15) is 5.10 Å². The fraction of sp³-hybridized carbons (Fsp3) is 0.100. The first kappa shape index (κ1) is 11.6. The third-order valence-corrected chi connectivity index (χ3v) is 2.64. The van der Waals surface area contributed by atoms with Crippen molar-refractivity contribution in [2.45, 2.75) is 6.92 Å². The molecule has 1 aromatic heterocycles. The number of hydrogen-bond donors (Lipinski definition) is 2. The summed E-state index contributed by atoms with van der Waals surface area (Å²) in [5.41, 5.74) is 3.69. The molecular formula is C10H11BrN6. The van der Waals surface area contributed by atoms with E-state index in [-0.39, 0.29) is 0 Å². The Hall–Kier alpha value is -1.89. The highest BCUT2D eigenvalue weighted by atomic mass is 79.9. The van der Waals surface area contributed by atoms with Crippen molar-refractivity contribution in [3.63, 3.8) is 0 Å². The van der Waals surface area contributed by atoms with Crippen LogP contribution in [0.1, 0.15) is 11.4 Å². The Morgan fingerprint density at radius 3 is 2.65 bits per heavy atom. The van der Waals surface area contributed by atoms with Gasteiger partial charge in [-0.25, -0.2) is 10.1 Å². The van der Waals surface area contributed by atoms with E-state index in [1.807, 2.05) is 24.3 Å². The number of hydrazone groups is 1. The maximum absolute atomic E-state index is 5.65. The Balaban J connectivity index is 2.03. The van der Waals surface area contributed by atoms with E-state index < -0.39 is 0 Å². The number of benzene rings is 1. The molecule has 0 atom stereocenters. The van der Waals surface area contributed by atoms with Crippen LogP contribution in [0.4, 0.5) is 5.95 Å². The van der Waals surface area contributed by atoms with E-state index in [4.69, 9.17) is 5.84 Å². The molecule has 0 unspecified atom stereocenters. The van der Waals surface area contributed by atoms with Gasteiger partial charge >= 0.3 is 0 Å². The molecule has 2 rings (SSSR count). The van der Waals surface area contributed by atoms with Crippen LogP contribution < -0.4 is 11.3 Å². The van der Waals surface area contributed by atoms with Gasteiger partial charge in [0.25, 0.3) is 5.95 Å². The first-order valence-corrected chi connectivity index (χ1v) is 5.68. The highest BCUT2D eigenvalue weighted by molar-refractivity contribution is 9.10. The number of hydrogen-bond acceptors (Lipinski definition) is 5. The first-order valence-electron chi connectivity index (χ1n) is 4.88. The standard InChI is InChI=1S/C10H11BrN6/c1-7-14-16-10(17(7)12)15-13-6-8-2-4-9(11)5-3-8/h2-6H,12H2,1H3,(H,15,16)/b13-6-. The minimum absolute atomic E-state index is 0.399. The molecule has 0 amide bonds. The lowest BCUT2D eigenvalue weighted by Gasteiger charge is -1.99. The number of nitrogen functional groups attached to an aromatic ring is 1. The summed E-state index contributed by atoms with van der Waals surface area (Å²) in [6.45, 7) is 1.76. The second kappa shape index (κ2) is 4.96. The average Bonchev–Trinajstić information content (AvgIpc) is 2.64. The minimum atomic E-state index is 0.399. The van der Waals surface area contributed by atoms with Crippen LogP contribution in [0.2, 0.25) is 0 Å². The van der Waals surface area contributed by atoms with Crippen molar-refractivity contribution in [2.24, 2.45) is 5.10 Å². The lowest BCUT2D eigenvalue weighted by Crippen LogP contribution is -2.13. The summed E-state index contributed by atoms with van der Waals surface area (Å²) in [7, 11) is 0. The van der Waals surface area contributed by atoms with E-state index in [2.05, 4.69) is 36.7 Å². The zero-order chi connectivity index (χ0) is 12.3. The summed E-state index contributed by atoms with van der Waals surface area (Å²) < 4.78 is 2.36. The summed E-state index contributed by atoms with van der Waals surface area (Å²) in [5, 5.41) is 11.6. The van der Waals surface area contributed by atoms with Crippen molar-refractivity contribution >= 4 is 28.1 Å². The van der Waals surface area contributed by atoms with Crippen LogP contribution in [0.25, 0.3) is 0 Å². The summed E-state index contributed by atoms with van der Waals surface area (Å²) in [4.78, 5) is 0. The molecule has 0 saturated heterocycles. The lowest BCUT2D eigenvalue weighted by molar-refractivity contribution is 0.926. The number of anilines is 1. The van der Waals surface area contributed by atoms with Gasteiger partial charge in [-0.05, 0) is 24.6 Å². The molecule has 0 aliphatic heterocycles. The normalized spacial score (nSPS) is 10.9. The van der Waals surface area contributed by atoms with Crippen LogP contribution in [0.15, 0.2) is 33.8 Å².